The van der Waals surface area contributed by atoms with Crippen molar-refractivity contribution in [1.29, 1.82) is 0 Å². The van der Waals surface area contributed by atoms with Crippen molar-refractivity contribution in [3.63, 3.8) is 0 Å². The summed E-state index contributed by atoms with van der Waals surface area (Å²) >= 11 is 5.72. The van der Waals surface area contributed by atoms with Crippen LogP contribution in [0.4, 0.5) is 0 Å². The predicted octanol–water partition coefficient (Wildman–Crippen LogP) is 0.594. The molecule has 92 valence electrons. The summed E-state index contributed by atoms with van der Waals surface area (Å²) in [5.74, 6) is -0.379. The number of morpholine rings is 1. The molecule has 17 heavy (non-hydrogen) atoms. The van der Waals surface area contributed by atoms with Gasteiger partial charge < -0.3 is 10.5 Å². The molecule has 1 aliphatic heterocycles. The van der Waals surface area contributed by atoms with Gasteiger partial charge in [-0.25, -0.2) is 4.98 Å². The Kier molecular flexibility index (Phi) is 3.93. The van der Waals surface area contributed by atoms with Crippen LogP contribution in [0.1, 0.15) is 11.6 Å². The fourth-order valence-electron chi connectivity index (χ4n) is 1.94. The normalized spacial score (nSPS) is 18.9. The fraction of sp³-hybridized carbons (Fsp3) is 0.455. The molecule has 0 radical (unpaired) electrons. The van der Waals surface area contributed by atoms with Crippen molar-refractivity contribution in [3.05, 3.63) is 29.0 Å². The van der Waals surface area contributed by atoms with Gasteiger partial charge in [0.25, 0.3) is 0 Å². The summed E-state index contributed by atoms with van der Waals surface area (Å²) in [4.78, 5) is 17.5. The van der Waals surface area contributed by atoms with Gasteiger partial charge in [0.15, 0.2) is 0 Å². The van der Waals surface area contributed by atoms with Crippen LogP contribution in [-0.4, -0.2) is 42.1 Å². The molecule has 5 nitrogen and oxygen atoms in total. The van der Waals surface area contributed by atoms with Crippen molar-refractivity contribution in [2.45, 2.75) is 6.04 Å². The lowest BCUT2D eigenvalue weighted by Gasteiger charge is -2.32. The number of carbonyl (C=O) groups excluding carboxylic acids is 1. The molecular formula is C11H14ClN3O2. The molecule has 2 N–H and O–H groups in total. The van der Waals surface area contributed by atoms with E-state index >= 15 is 0 Å². The number of hydrogen-bond acceptors (Lipinski definition) is 4. The highest BCUT2D eigenvalue weighted by molar-refractivity contribution is 6.29. The minimum atomic E-state index is -0.455. The second-order valence-electron chi connectivity index (χ2n) is 3.87. The van der Waals surface area contributed by atoms with E-state index < -0.39 is 6.04 Å². The first-order valence-electron chi connectivity index (χ1n) is 5.41. The lowest BCUT2D eigenvalue weighted by Crippen LogP contribution is -2.44. The SMILES string of the molecule is NC(=O)C(c1ccc(Cl)nc1)N1CCOCC1. The highest BCUT2D eigenvalue weighted by Crippen LogP contribution is 2.21. The zero-order chi connectivity index (χ0) is 12.3. The van der Waals surface area contributed by atoms with Gasteiger partial charge in [0.1, 0.15) is 11.2 Å². The maximum Gasteiger partial charge on any atom is 0.239 e. The van der Waals surface area contributed by atoms with Crippen LogP contribution in [0, 0.1) is 0 Å². The third kappa shape index (κ3) is 2.94. The van der Waals surface area contributed by atoms with Gasteiger partial charge in [-0.1, -0.05) is 17.7 Å². The molecule has 1 amide bonds. The third-order valence-corrected chi connectivity index (χ3v) is 2.97. The fourth-order valence-corrected chi connectivity index (χ4v) is 2.05. The van der Waals surface area contributed by atoms with Crippen LogP contribution in [0.3, 0.4) is 0 Å². The molecule has 1 aromatic heterocycles. The van der Waals surface area contributed by atoms with E-state index in [-0.39, 0.29) is 5.91 Å². The quantitative estimate of drug-likeness (QED) is 0.803. The smallest absolute Gasteiger partial charge is 0.239 e. The Balaban J connectivity index is 2.21. The minimum absolute atomic E-state index is 0.379. The summed E-state index contributed by atoms with van der Waals surface area (Å²) in [6.07, 6.45) is 1.59. The highest BCUT2D eigenvalue weighted by atomic mass is 35.5. The van der Waals surface area contributed by atoms with Crippen LogP contribution in [0.25, 0.3) is 0 Å². The van der Waals surface area contributed by atoms with Gasteiger partial charge >= 0.3 is 0 Å². The van der Waals surface area contributed by atoms with E-state index in [9.17, 15) is 4.79 Å². The Labute approximate surface area is 105 Å². The Morgan fingerprint density at radius 3 is 2.71 bits per heavy atom. The maximum absolute atomic E-state index is 11.6. The van der Waals surface area contributed by atoms with Gasteiger partial charge in [-0.05, 0) is 11.6 Å². The monoisotopic (exact) mass is 255 g/mol. The number of nitrogens with zero attached hydrogens (tertiary/aromatic N) is 2. The average Bonchev–Trinajstić information content (AvgIpc) is 2.33. The Hall–Kier alpha value is -1.17. The van der Waals surface area contributed by atoms with Crippen molar-refractivity contribution in [2.75, 3.05) is 26.3 Å². The topological polar surface area (TPSA) is 68.5 Å². The van der Waals surface area contributed by atoms with Crippen molar-refractivity contribution in [1.82, 2.24) is 9.88 Å². The van der Waals surface area contributed by atoms with Crippen molar-refractivity contribution >= 4 is 17.5 Å². The number of halogens is 1. The number of hydrogen-bond donors (Lipinski definition) is 1. The standard InChI is InChI=1S/C11H14ClN3O2/c12-9-2-1-8(7-14-9)10(11(13)16)15-3-5-17-6-4-15/h1-2,7,10H,3-6H2,(H2,13,16). The molecule has 2 heterocycles. The molecule has 6 heteroatoms. The largest absolute Gasteiger partial charge is 0.379 e. The molecule has 0 saturated carbocycles. The van der Waals surface area contributed by atoms with Gasteiger partial charge in [0.05, 0.1) is 13.2 Å². The number of amides is 1. The van der Waals surface area contributed by atoms with Gasteiger partial charge in [-0.3, -0.25) is 9.69 Å². The van der Waals surface area contributed by atoms with Gasteiger partial charge in [-0.15, -0.1) is 0 Å². The molecule has 1 atom stereocenters. The van der Waals surface area contributed by atoms with Gasteiger partial charge in [-0.2, -0.15) is 0 Å². The molecule has 1 unspecified atom stereocenters. The Morgan fingerprint density at radius 2 is 2.18 bits per heavy atom. The average molecular weight is 256 g/mol. The van der Waals surface area contributed by atoms with Crippen LogP contribution in [0.15, 0.2) is 18.3 Å². The lowest BCUT2D eigenvalue weighted by molar-refractivity contribution is -0.125. The van der Waals surface area contributed by atoms with E-state index in [4.69, 9.17) is 22.1 Å². The predicted molar refractivity (Wildman–Crippen MR) is 63.6 cm³/mol. The number of nitrogens with two attached hydrogens (primary N) is 1. The van der Waals surface area contributed by atoms with Crippen molar-refractivity contribution in [3.8, 4) is 0 Å². The van der Waals surface area contributed by atoms with E-state index in [0.29, 0.717) is 31.5 Å². The van der Waals surface area contributed by atoms with E-state index in [2.05, 4.69) is 4.98 Å². The molecule has 2 rings (SSSR count). The molecule has 0 aliphatic carbocycles. The summed E-state index contributed by atoms with van der Waals surface area (Å²) in [7, 11) is 0. The number of aromatic nitrogens is 1. The Bertz CT molecular complexity index is 390. The van der Waals surface area contributed by atoms with E-state index in [1.165, 1.54) is 0 Å². The number of pyridine rings is 1. The summed E-state index contributed by atoms with van der Waals surface area (Å²) < 4.78 is 5.25. The van der Waals surface area contributed by atoms with Gasteiger partial charge in [0, 0.05) is 19.3 Å². The van der Waals surface area contributed by atoms with Crippen LogP contribution in [0.5, 0.6) is 0 Å². The summed E-state index contributed by atoms with van der Waals surface area (Å²) in [5.41, 5.74) is 6.22. The summed E-state index contributed by atoms with van der Waals surface area (Å²) in [6, 6.07) is 2.98. The second-order valence-corrected chi connectivity index (χ2v) is 4.25. The molecule has 1 fully saturated rings. The number of primary amides is 1. The molecular weight excluding hydrogens is 242 g/mol. The molecule has 0 aromatic carbocycles. The number of rotatable bonds is 3. The van der Waals surface area contributed by atoms with Crippen LogP contribution < -0.4 is 5.73 Å². The third-order valence-electron chi connectivity index (χ3n) is 2.75. The molecule has 0 spiro atoms. The van der Waals surface area contributed by atoms with Crippen molar-refractivity contribution < 1.29 is 9.53 Å². The van der Waals surface area contributed by atoms with E-state index in [1.54, 1.807) is 18.3 Å². The Morgan fingerprint density at radius 1 is 1.47 bits per heavy atom. The zero-order valence-corrected chi connectivity index (χ0v) is 10.1. The first-order valence-corrected chi connectivity index (χ1v) is 5.79. The second kappa shape index (κ2) is 5.44. The lowest BCUT2D eigenvalue weighted by atomic mass is 10.1. The number of carbonyl (C=O) groups is 1. The summed E-state index contributed by atoms with van der Waals surface area (Å²) in [5, 5.41) is 0.402. The van der Waals surface area contributed by atoms with Crippen LogP contribution in [0.2, 0.25) is 5.15 Å². The first kappa shape index (κ1) is 12.3. The maximum atomic E-state index is 11.6. The van der Waals surface area contributed by atoms with Crippen LogP contribution >= 0.6 is 11.6 Å². The van der Waals surface area contributed by atoms with E-state index in [1.807, 2.05) is 4.90 Å². The molecule has 1 aliphatic rings. The van der Waals surface area contributed by atoms with E-state index in [0.717, 1.165) is 5.56 Å². The zero-order valence-electron chi connectivity index (χ0n) is 9.30. The number of ether oxygens (including phenoxy) is 1. The highest BCUT2D eigenvalue weighted by Gasteiger charge is 2.27. The molecule has 0 bridgehead atoms. The summed E-state index contributed by atoms with van der Waals surface area (Å²) in [6.45, 7) is 2.61. The van der Waals surface area contributed by atoms with Crippen molar-refractivity contribution in [2.24, 2.45) is 5.73 Å². The molecule has 1 saturated heterocycles. The first-order chi connectivity index (χ1) is 8.18. The van der Waals surface area contributed by atoms with Gasteiger partial charge in [0.2, 0.25) is 5.91 Å². The minimum Gasteiger partial charge on any atom is -0.379 e. The molecule has 1 aromatic rings. The van der Waals surface area contributed by atoms with Crippen LogP contribution in [-0.2, 0) is 9.53 Å².